The Morgan fingerprint density at radius 3 is 2.73 bits per heavy atom. The third-order valence-electron chi connectivity index (χ3n) is 3.51. The van der Waals surface area contributed by atoms with E-state index >= 15 is 0 Å². The highest BCUT2D eigenvalue weighted by atomic mass is 14.9. The summed E-state index contributed by atoms with van der Waals surface area (Å²) in [6.07, 6.45) is 3.91. The van der Waals surface area contributed by atoms with E-state index in [4.69, 9.17) is 0 Å². The van der Waals surface area contributed by atoms with E-state index in [0.29, 0.717) is 0 Å². The highest BCUT2D eigenvalue weighted by Gasteiger charge is 2.17. The monoisotopic (exact) mass is 203 g/mol. The van der Waals surface area contributed by atoms with E-state index in [1.165, 1.54) is 41.6 Å². The molecule has 0 bridgehead atoms. The van der Waals surface area contributed by atoms with E-state index in [0.717, 1.165) is 12.5 Å². The van der Waals surface area contributed by atoms with Crippen molar-refractivity contribution < 1.29 is 0 Å². The van der Waals surface area contributed by atoms with Gasteiger partial charge in [0.05, 0.1) is 0 Å². The Morgan fingerprint density at radius 1 is 1.27 bits per heavy atom. The number of anilines is 1. The van der Waals surface area contributed by atoms with E-state index in [1.54, 1.807) is 0 Å². The zero-order valence-electron chi connectivity index (χ0n) is 10.1. The van der Waals surface area contributed by atoms with Gasteiger partial charge in [-0.25, -0.2) is 0 Å². The summed E-state index contributed by atoms with van der Waals surface area (Å²) in [5.41, 5.74) is 5.70. The van der Waals surface area contributed by atoms with Crippen LogP contribution in [0, 0.1) is 19.8 Å². The van der Waals surface area contributed by atoms with Gasteiger partial charge in [-0.15, -0.1) is 0 Å². The van der Waals surface area contributed by atoms with Crippen molar-refractivity contribution in [1.82, 2.24) is 0 Å². The Bertz CT molecular complexity index is 355. The molecule has 1 aliphatic heterocycles. The first-order chi connectivity index (χ1) is 7.20. The van der Waals surface area contributed by atoms with Crippen molar-refractivity contribution in [3.63, 3.8) is 0 Å². The molecule has 0 saturated carbocycles. The number of benzene rings is 1. The van der Waals surface area contributed by atoms with Gasteiger partial charge in [-0.2, -0.15) is 0 Å². The molecule has 1 atom stereocenters. The molecule has 0 saturated heterocycles. The van der Waals surface area contributed by atoms with Gasteiger partial charge in [0.25, 0.3) is 0 Å². The molecule has 1 aromatic carbocycles. The van der Waals surface area contributed by atoms with Crippen molar-refractivity contribution in [3.8, 4) is 0 Å². The van der Waals surface area contributed by atoms with Crippen LogP contribution < -0.4 is 5.32 Å². The van der Waals surface area contributed by atoms with Gasteiger partial charge in [-0.3, -0.25) is 0 Å². The van der Waals surface area contributed by atoms with Crippen molar-refractivity contribution in [1.29, 1.82) is 0 Å². The summed E-state index contributed by atoms with van der Waals surface area (Å²) in [5.74, 6) is 0.838. The smallest absolute Gasteiger partial charge is 0.0375 e. The third-order valence-corrected chi connectivity index (χ3v) is 3.51. The van der Waals surface area contributed by atoms with Crippen molar-refractivity contribution in [2.45, 2.75) is 40.0 Å². The number of hydrogen-bond acceptors (Lipinski definition) is 1. The number of fused-ring (bicyclic) bond motifs is 1. The molecule has 1 unspecified atom stereocenters. The molecule has 1 heterocycles. The summed E-state index contributed by atoms with van der Waals surface area (Å²) < 4.78 is 0. The Hall–Kier alpha value is -0.980. The predicted octanol–water partition coefficient (Wildman–Crippen LogP) is 3.69. The second kappa shape index (κ2) is 4.26. The Morgan fingerprint density at radius 2 is 2.00 bits per heavy atom. The standard InChI is InChI=1S/C14H21N/c1-4-5-12-8-13-6-10(2)11(3)7-14(13)15-9-12/h6-7,12,15H,4-5,8-9H2,1-3H3. The molecule has 0 spiro atoms. The Balaban J connectivity index is 2.22. The van der Waals surface area contributed by atoms with Crippen molar-refractivity contribution in [2.75, 3.05) is 11.9 Å². The molecule has 0 aromatic heterocycles. The highest BCUT2D eigenvalue weighted by molar-refractivity contribution is 5.57. The van der Waals surface area contributed by atoms with E-state index < -0.39 is 0 Å². The zero-order valence-corrected chi connectivity index (χ0v) is 10.1. The summed E-state index contributed by atoms with van der Waals surface area (Å²) in [5, 5.41) is 3.57. The van der Waals surface area contributed by atoms with Crippen LogP contribution in [0.2, 0.25) is 0 Å². The normalized spacial score (nSPS) is 19.5. The molecule has 0 amide bonds. The van der Waals surface area contributed by atoms with Crippen LogP contribution in [0.15, 0.2) is 12.1 Å². The molecule has 1 aromatic rings. The van der Waals surface area contributed by atoms with E-state index in [9.17, 15) is 0 Å². The molecule has 1 nitrogen and oxygen atoms in total. The predicted molar refractivity (Wildman–Crippen MR) is 66.5 cm³/mol. The molecule has 82 valence electrons. The van der Waals surface area contributed by atoms with Gasteiger partial charge in [0.15, 0.2) is 0 Å². The summed E-state index contributed by atoms with van der Waals surface area (Å²) in [6, 6.07) is 4.66. The molecule has 1 heteroatoms. The van der Waals surface area contributed by atoms with Gasteiger partial charge in [0, 0.05) is 12.2 Å². The average Bonchev–Trinajstić information content (AvgIpc) is 2.21. The maximum absolute atomic E-state index is 3.57. The van der Waals surface area contributed by atoms with Gasteiger partial charge in [-0.1, -0.05) is 19.4 Å². The van der Waals surface area contributed by atoms with Crippen molar-refractivity contribution in [3.05, 3.63) is 28.8 Å². The number of rotatable bonds is 2. The van der Waals surface area contributed by atoms with Gasteiger partial charge >= 0.3 is 0 Å². The number of nitrogens with one attached hydrogen (secondary N) is 1. The minimum atomic E-state index is 0.838. The van der Waals surface area contributed by atoms with Gasteiger partial charge < -0.3 is 5.32 Å². The summed E-state index contributed by atoms with van der Waals surface area (Å²) in [4.78, 5) is 0. The van der Waals surface area contributed by atoms with Crippen LogP contribution >= 0.6 is 0 Å². The minimum absolute atomic E-state index is 0.838. The molecule has 2 rings (SSSR count). The number of hydrogen-bond donors (Lipinski definition) is 1. The Labute approximate surface area is 92.9 Å². The van der Waals surface area contributed by atoms with Crippen molar-refractivity contribution in [2.24, 2.45) is 5.92 Å². The Kier molecular flexibility index (Phi) is 2.99. The van der Waals surface area contributed by atoms with E-state index in [-0.39, 0.29) is 0 Å². The second-order valence-corrected chi connectivity index (χ2v) is 4.83. The lowest BCUT2D eigenvalue weighted by molar-refractivity contribution is 0.489. The lowest BCUT2D eigenvalue weighted by atomic mass is 9.89. The van der Waals surface area contributed by atoms with Gasteiger partial charge in [0.2, 0.25) is 0 Å². The third kappa shape index (κ3) is 2.17. The molecule has 0 fully saturated rings. The SMILES string of the molecule is CCCC1CNc2cc(C)c(C)cc2C1. The summed E-state index contributed by atoms with van der Waals surface area (Å²) >= 11 is 0. The van der Waals surface area contributed by atoms with Crippen molar-refractivity contribution >= 4 is 5.69 Å². The van der Waals surface area contributed by atoms with Gasteiger partial charge in [0.1, 0.15) is 0 Å². The lowest BCUT2D eigenvalue weighted by Crippen LogP contribution is -2.23. The van der Waals surface area contributed by atoms with Crippen LogP contribution in [-0.4, -0.2) is 6.54 Å². The van der Waals surface area contributed by atoms with Crippen LogP contribution in [0.25, 0.3) is 0 Å². The first kappa shape index (κ1) is 10.5. The van der Waals surface area contributed by atoms with Crippen LogP contribution in [0.5, 0.6) is 0 Å². The average molecular weight is 203 g/mol. The van der Waals surface area contributed by atoms with Crippen LogP contribution in [0.4, 0.5) is 5.69 Å². The summed E-state index contributed by atoms with van der Waals surface area (Å²) in [6.45, 7) is 7.83. The largest absolute Gasteiger partial charge is 0.385 e. The first-order valence-electron chi connectivity index (χ1n) is 6.04. The van der Waals surface area contributed by atoms with Crippen LogP contribution in [0.3, 0.4) is 0 Å². The first-order valence-corrected chi connectivity index (χ1v) is 6.04. The fraction of sp³-hybridized carbons (Fsp3) is 0.571. The van der Waals surface area contributed by atoms with Crippen LogP contribution in [-0.2, 0) is 6.42 Å². The molecule has 0 radical (unpaired) electrons. The summed E-state index contributed by atoms with van der Waals surface area (Å²) in [7, 11) is 0. The van der Waals surface area contributed by atoms with E-state index in [1.807, 2.05) is 0 Å². The maximum Gasteiger partial charge on any atom is 0.0375 e. The maximum atomic E-state index is 3.57. The molecule has 0 aliphatic carbocycles. The molecular weight excluding hydrogens is 182 g/mol. The molecule has 15 heavy (non-hydrogen) atoms. The highest BCUT2D eigenvalue weighted by Crippen LogP contribution is 2.29. The second-order valence-electron chi connectivity index (χ2n) is 4.83. The lowest BCUT2D eigenvalue weighted by Gasteiger charge is -2.26. The minimum Gasteiger partial charge on any atom is -0.385 e. The topological polar surface area (TPSA) is 12.0 Å². The number of aryl methyl sites for hydroxylation is 2. The molecule has 1 N–H and O–H groups in total. The van der Waals surface area contributed by atoms with E-state index in [2.05, 4.69) is 38.2 Å². The van der Waals surface area contributed by atoms with Crippen LogP contribution in [0.1, 0.15) is 36.5 Å². The van der Waals surface area contributed by atoms with Gasteiger partial charge in [-0.05, 0) is 55.4 Å². The zero-order chi connectivity index (χ0) is 10.8. The fourth-order valence-corrected chi connectivity index (χ4v) is 2.46. The fourth-order valence-electron chi connectivity index (χ4n) is 2.46. The quantitative estimate of drug-likeness (QED) is 0.773. The molecule has 1 aliphatic rings. The molecular formula is C14H21N.